The van der Waals surface area contributed by atoms with Crippen LogP contribution in [0.25, 0.3) is 0 Å². The summed E-state index contributed by atoms with van der Waals surface area (Å²) in [5.74, 6) is -1.09. The maximum absolute atomic E-state index is 12.3. The number of aliphatic carboxylic acids is 1. The monoisotopic (exact) mass is 449 g/mol. The Hall–Kier alpha value is -0.400. The first-order chi connectivity index (χ1) is 14.6. The van der Waals surface area contributed by atoms with Crippen molar-refractivity contribution in [1.29, 1.82) is 0 Å². The van der Waals surface area contributed by atoms with E-state index in [0.717, 1.165) is 25.7 Å². The molecule has 0 atom stereocenters. The van der Waals surface area contributed by atoms with E-state index in [2.05, 4.69) is 24.4 Å². The fraction of sp³-hybridized carbons (Fsp3) is 0.833. The van der Waals surface area contributed by atoms with Crippen molar-refractivity contribution in [3.63, 3.8) is 0 Å². The molecule has 0 spiro atoms. The third kappa shape index (κ3) is 24.1. The smallest absolute Gasteiger partial charge is 0.323 e. The Balaban J connectivity index is 0. The molecule has 0 aromatic carbocycles. The fourth-order valence-electron chi connectivity index (χ4n) is 3.38. The SMILES string of the molecule is CCCCCCCC/C=C\CCCCCCCC(=O)N(CCNCCO)CC(=O)O.[Na]. The van der Waals surface area contributed by atoms with Crippen LogP contribution in [0, 0.1) is 0 Å². The van der Waals surface area contributed by atoms with Gasteiger partial charge in [-0.1, -0.05) is 70.4 Å². The van der Waals surface area contributed by atoms with Gasteiger partial charge in [0, 0.05) is 55.6 Å². The number of carboxylic acid groups (broad SMARTS) is 1. The van der Waals surface area contributed by atoms with Gasteiger partial charge in [-0.25, -0.2) is 0 Å². The minimum atomic E-state index is -0.991. The topological polar surface area (TPSA) is 89.9 Å². The van der Waals surface area contributed by atoms with Crippen molar-refractivity contribution >= 4 is 41.4 Å². The number of hydrogen-bond donors (Lipinski definition) is 3. The molecule has 0 unspecified atom stereocenters. The molecule has 0 aliphatic rings. The van der Waals surface area contributed by atoms with Crippen LogP contribution in [0.5, 0.6) is 0 Å². The molecule has 177 valence electrons. The molecule has 0 fully saturated rings. The summed E-state index contributed by atoms with van der Waals surface area (Å²) in [5.41, 5.74) is 0. The molecule has 0 heterocycles. The molecule has 6 nitrogen and oxygen atoms in total. The summed E-state index contributed by atoms with van der Waals surface area (Å²) in [6.45, 7) is 3.32. The zero-order chi connectivity index (χ0) is 22.3. The van der Waals surface area contributed by atoms with Gasteiger partial charge in [-0.2, -0.15) is 0 Å². The van der Waals surface area contributed by atoms with Gasteiger partial charge in [-0.3, -0.25) is 9.59 Å². The first-order valence-corrected chi connectivity index (χ1v) is 12.1. The van der Waals surface area contributed by atoms with E-state index in [1.807, 2.05) is 0 Å². The second-order valence-corrected chi connectivity index (χ2v) is 8.02. The number of hydrogen-bond acceptors (Lipinski definition) is 4. The number of carbonyl (C=O) groups is 2. The van der Waals surface area contributed by atoms with E-state index in [4.69, 9.17) is 10.2 Å². The summed E-state index contributed by atoms with van der Waals surface area (Å²) in [7, 11) is 0. The molecule has 0 aliphatic carbocycles. The Labute approximate surface area is 212 Å². The van der Waals surface area contributed by atoms with Crippen molar-refractivity contribution in [2.45, 2.75) is 96.8 Å². The van der Waals surface area contributed by atoms with Crippen LogP contribution in [0.3, 0.4) is 0 Å². The van der Waals surface area contributed by atoms with Gasteiger partial charge >= 0.3 is 5.97 Å². The molecule has 1 radical (unpaired) electrons. The van der Waals surface area contributed by atoms with E-state index < -0.39 is 5.97 Å². The average molecular weight is 450 g/mol. The quantitative estimate of drug-likeness (QED) is 0.131. The predicted octanol–water partition coefficient (Wildman–Crippen LogP) is 4.14. The third-order valence-electron chi connectivity index (χ3n) is 5.18. The Morgan fingerprint density at radius 1 is 0.839 bits per heavy atom. The van der Waals surface area contributed by atoms with Gasteiger partial charge in [0.15, 0.2) is 0 Å². The number of aliphatic hydroxyl groups is 1. The van der Waals surface area contributed by atoms with E-state index in [0.29, 0.717) is 26.1 Å². The van der Waals surface area contributed by atoms with E-state index >= 15 is 0 Å². The number of allylic oxidation sites excluding steroid dienone is 2. The van der Waals surface area contributed by atoms with Crippen LogP contribution < -0.4 is 5.32 Å². The van der Waals surface area contributed by atoms with E-state index in [1.54, 1.807) is 0 Å². The second kappa shape index (κ2) is 25.9. The summed E-state index contributed by atoms with van der Waals surface area (Å²) >= 11 is 0. The molecule has 7 heteroatoms. The molecular formula is C24H46N2NaO4. The number of carbonyl (C=O) groups excluding carboxylic acids is 1. The van der Waals surface area contributed by atoms with Gasteiger partial charge in [-0.15, -0.1) is 0 Å². The van der Waals surface area contributed by atoms with Crippen molar-refractivity contribution in [3.05, 3.63) is 12.2 Å². The molecule has 0 saturated carbocycles. The van der Waals surface area contributed by atoms with E-state index in [-0.39, 0.29) is 48.6 Å². The zero-order valence-electron chi connectivity index (χ0n) is 20.2. The minimum Gasteiger partial charge on any atom is -0.480 e. The molecule has 0 bridgehead atoms. The van der Waals surface area contributed by atoms with Gasteiger partial charge in [0.2, 0.25) is 5.91 Å². The van der Waals surface area contributed by atoms with Gasteiger partial charge in [-0.05, 0) is 32.1 Å². The molecule has 0 saturated heterocycles. The summed E-state index contributed by atoms with van der Waals surface area (Å²) in [4.78, 5) is 24.6. The largest absolute Gasteiger partial charge is 0.480 e. The van der Waals surface area contributed by atoms with Crippen LogP contribution in [-0.2, 0) is 9.59 Å². The maximum atomic E-state index is 12.3. The third-order valence-corrected chi connectivity index (χ3v) is 5.18. The molecule has 0 aromatic heterocycles. The van der Waals surface area contributed by atoms with Gasteiger partial charge in [0.1, 0.15) is 6.54 Å². The molecule has 3 N–H and O–H groups in total. The Bertz CT molecular complexity index is 447. The standard InChI is InChI=1S/C24H46N2O4.Na/c1-2-3-4-5-6-7-8-9-10-11-12-13-14-15-16-17-23(28)26(22-24(29)30)20-18-25-19-21-27;/h9-10,25,27H,2-8,11-22H2,1H3,(H,29,30);/b10-9-;. The number of amides is 1. The van der Waals surface area contributed by atoms with Crippen LogP contribution in [0.2, 0.25) is 0 Å². The second-order valence-electron chi connectivity index (χ2n) is 8.02. The molecule has 31 heavy (non-hydrogen) atoms. The van der Waals surface area contributed by atoms with Crippen molar-refractivity contribution in [3.8, 4) is 0 Å². The van der Waals surface area contributed by atoms with Crippen molar-refractivity contribution in [2.24, 2.45) is 0 Å². The Kier molecular flexibility index (Phi) is 27.3. The van der Waals surface area contributed by atoms with Gasteiger partial charge in [0.05, 0.1) is 6.61 Å². The van der Waals surface area contributed by atoms with Crippen molar-refractivity contribution in [1.82, 2.24) is 10.2 Å². The minimum absolute atomic E-state index is 0. The molecule has 1 amide bonds. The Morgan fingerprint density at radius 3 is 1.94 bits per heavy atom. The maximum Gasteiger partial charge on any atom is 0.323 e. The predicted molar refractivity (Wildman–Crippen MR) is 129 cm³/mol. The van der Waals surface area contributed by atoms with Crippen LogP contribution in [-0.4, -0.2) is 89.3 Å². The van der Waals surface area contributed by atoms with E-state index in [1.165, 1.54) is 62.7 Å². The summed E-state index contributed by atoms with van der Waals surface area (Å²) in [6, 6.07) is 0. The summed E-state index contributed by atoms with van der Waals surface area (Å²) in [6.07, 6.45) is 20.8. The number of unbranched alkanes of at least 4 members (excludes halogenated alkanes) is 11. The zero-order valence-corrected chi connectivity index (χ0v) is 22.2. The number of nitrogens with one attached hydrogen (secondary N) is 1. The Morgan fingerprint density at radius 2 is 1.39 bits per heavy atom. The van der Waals surface area contributed by atoms with Crippen LogP contribution in [0.4, 0.5) is 0 Å². The van der Waals surface area contributed by atoms with Crippen LogP contribution >= 0.6 is 0 Å². The molecular weight excluding hydrogens is 403 g/mol. The van der Waals surface area contributed by atoms with Crippen molar-refractivity contribution in [2.75, 3.05) is 32.8 Å². The van der Waals surface area contributed by atoms with Crippen LogP contribution in [0.15, 0.2) is 12.2 Å². The normalized spacial score (nSPS) is 10.9. The fourth-order valence-corrected chi connectivity index (χ4v) is 3.38. The van der Waals surface area contributed by atoms with E-state index in [9.17, 15) is 9.59 Å². The first-order valence-electron chi connectivity index (χ1n) is 12.1. The number of rotatable bonds is 22. The molecule has 0 aliphatic heterocycles. The van der Waals surface area contributed by atoms with Gasteiger partial charge in [0.25, 0.3) is 0 Å². The first kappa shape index (κ1) is 32.8. The average Bonchev–Trinajstić information content (AvgIpc) is 2.72. The number of aliphatic hydroxyl groups excluding tert-OH is 1. The van der Waals surface area contributed by atoms with Crippen molar-refractivity contribution < 1.29 is 19.8 Å². The van der Waals surface area contributed by atoms with Gasteiger partial charge < -0.3 is 20.4 Å². The number of carboxylic acids is 1. The molecule has 0 rings (SSSR count). The molecule has 0 aromatic rings. The summed E-state index contributed by atoms with van der Waals surface area (Å²) < 4.78 is 0. The summed E-state index contributed by atoms with van der Waals surface area (Å²) in [5, 5.41) is 20.7. The number of nitrogens with zero attached hydrogens (tertiary/aromatic N) is 1. The van der Waals surface area contributed by atoms with Crippen LogP contribution in [0.1, 0.15) is 96.8 Å².